The molecule has 1 unspecified atom stereocenters. The molecular formula is C9H13N3O3. The van der Waals surface area contributed by atoms with Gasteiger partial charge in [0.1, 0.15) is 0 Å². The molecule has 0 aromatic carbocycles. The van der Waals surface area contributed by atoms with E-state index in [9.17, 15) is 9.59 Å². The third-order valence-electron chi connectivity index (χ3n) is 2.03. The summed E-state index contributed by atoms with van der Waals surface area (Å²) in [6.07, 6.45) is 3.09. The molecule has 0 fully saturated rings. The Morgan fingerprint density at radius 3 is 2.80 bits per heavy atom. The Bertz CT molecular complexity index is 372. The van der Waals surface area contributed by atoms with Crippen molar-refractivity contribution in [1.82, 2.24) is 9.78 Å². The fraction of sp³-hybridized carbons (Fsp3) is 0.444. The molecule has 1 aromatic heterocycles. The average Bonchev–Trinajstić information content (AvgIpc) is 2.66. The topological polar surface area (TPSA) is 87.2 Å². The number of carbonyl (C=O) groups is 2. The number of ether oxygens (including phenoxy) is 1. The van der Waals surface area contributed by atoms with E-state index in [0.717, 1.165) is 0 Å². The number of carbonyl (C=O) groups excluding carboxylic acids is 2. The molecule has 0 spiro atoms. The summed E-state index contributed by atoms with van der Waals surface area (Å²) < 4.78 is 6.04. The Labute approximate surface area is 87.0 Å². The van der Waals surface area contributed by atoms with Gasteiger partial charge in [-0.3, -0.25) is 14.3 Å². The number of hydrogen-bond donors (Lipinski definition) is 1. The number of esters is 1. The Kier molecular flexibility index (Phi) is 3.43. The van der Waals surface area contributed by atoms with E-state index in [1.165, 1.54) is 24.2 Å². The van der Waals surface area contributed by atoms with E-state index >= 15 is 0 Å². The van der Waals surface area contributed by atoms with Crippen molar-refractivity contribution in [2.24, 2.45) is 5.73 Å². The van der Waals surface area contributed by atoms with Crippen LogP contribution in [0.2, 0.25) is 0 Å². The lowest BCUT2D eigenvalue weighted by Gasteiger charge is -2.09. The number of nitrogens with zero attached hydrogens (tertiary/aromatic N) is 2. The van der Waals surface area contributed by atoms with Crippen LogP contribution >= 0.6 is 0 Å². The van der Waals surface area contributed by atoms with Crippen molar-refractivity contribution in [3.63, 3.8) is 0 Å². The summed E-state index contributed by atoms with van der Waals surface area (Å²) in [4.78, 5) is 21.8. The van der Waals surface area contributed by atoms with Crippen molar-refractivity contribution >= 4 is 11.9 Å². The second kappa shape index (κ2) is 4.59. The van der Waals surface area contributed by atoms with Crippen molar-refractivity contribution in [3.8, 4) is 0 Å². The van der Waals surface area contributed by atoms with Gasteiger partial charge in [0.2, 0.25) is 0 Å². The SMILES string of the molecule is COC(=O)CC(C)n1cc(C(N)=O)cn1. The molecule has 0 aliphatic carbocycles. The van der Waals surface area contributed by atoms with Gasteiger partial charge in [0.05, 0.1) is 31.3 Å². The van der Waals surface area contributed by atoms with Crippen molar-refractivity contribution in [3.05, 3.63) is 18.0 Å². The highest BCUT2D eigenvalue weighted by Gasteiger charge is 2.13. The van der Waals surface area contributed by atoms with Crippen molar-refractivity contribution < 1.29 is 14.3 Å². The van der Waals surface area contributed by atoms with Crippen LogP contribution in [0.15, 0.2) is 12.4 Å². The summed E-state index contributed by atoms with van der Waals surface area (Å²) in [7, 11) is 1.33. The summed E-state index contributed by atoms with van der Waals surface area (Å²) in [6, 6.07) is -0.162. The summed E-state index contributed by atoms with van der Waals surface area (Å²) in [5.41, 5.74) is 5.40. The molecule has 6 nitrogen and oxygen atoms in total. The van der Waals surface area contributed by atoms with Crippen LogP contribution in [-0.4, -0.2) is 28.8 Å². The number of methoxy groups -OCH3 is 1. The molecule has 1 amide bonds. The maximum absolute atomic E-state index is 11.0. The molecule has 0 bridgehead atoms. The van der Waals surface area contributed by atoms with Gasteiger partial charge < -0.3 is 10.5 Å². The first-order valence-electron chi connectivity index (χ1n) is 4.45. The molecule has 0 radical (unpaired) electrons. The summed E-state index contributed by atoms with van der Waals surface area (Å²) in [6.45, 7) is 1.80. The van der Waals surface area contributed by atoms with Gasteiger partial charge in [-0.05, 0) is 6.92 Å². The zero-order chi connectivity index (χ0) is 11.4. The molecule has 2 N–H and O–H groups in total. The van der Waals surface area contributed by atoms with E-state index in [4.69, 9.17) is 5.73 Å². The minimum Gasteiger partial charge on any atom is -0.469 e. The van der Waals surface area contributed by atoms with Crippen LogP contribution in [0, 0.1) is 0 Å². The molecule has 1 aromatic rings. The maximum Gasteiger partial charge on any atom is 0.307 e. The van der Waals surface area contributed by atoms with Gasteiger partial charge in [-0.15, -0.1) is 0 Å². The van der Waals surface area contributed by atoms with Crippen LogP contribution in [0.5, 0.6) is 0 Å². The number of rotatable bonds is 4. The van der Waals surface area contributed by atoms with E-state index in [0.29, 0.717) is 5.56 Å². The highest BCUT2D eigenvalue weighted by molar-refractivity contribution is 5.92. The largest absolute Gasteiger partial charge is 0.469 e. The van der Waals surface area contributed by atoms with Gasteiger partial charge in [0, 0.05) is 6.20 Å². The van der Waals surface area contributed by atoms with Gasteiger partial charge >= 0.3 is 5.97 Å². The Balaban J connectivity index is 2.69. The standard InChI is InChI=1S/C9H13N3O3/c1-6(3-8(13)15-2)12-5-7(4-11-12)9(10)14/h4-6H,3H2,1-2H3,(H2,10,14). The fourth-order valence-electron chi connectivity index (χ4n) is 1.12. The molecule has 6 heteroatoms. The zero-order valence-corrected chi connectivity index (χ0v) is 8.64. The number of aromatic nitrogens is 2. The molecule has 1 heterocycles. The van der Waals surface area contributed by atoms with E-state index in [2.05, 4.69) is 9.84 Å². The van der Waals surface area contributed by atoms with E-state index < -0.39 is 5.91 Å². The van der Waals surface area contributed by atoms with Gasteiger partial charge in [0.25, 0.3) is 5.91 Å². The Hall–Kier alpha value is -1.85. The van der Waals surface area contributed by atoms with Crippen LogP contribution in [0.25, 0.3) is 0 Å². The third kappa shape index (κ3) is 2.80. The third-order valence-corrected chi connectivity index (χ3v) is 2.03. The summed E-state index contributed by atoms with van der Waals surface area (Å²) in [5.74, 6) is -0.856. The fourth-order valence-corrected chi connectivity index (χ4v) is 1.12. The highest BCUT2D eigenvalue weighted by atomic mass is 16.5. The first-order valence-corrected chi connectivity index (χ1v) is 4.45. The molecule has 0 aliphatic rings. The average molecular weight is 211 g/mol. The summed E-state index contributed by atoms with van der Waals surface area (Å²) >= 11 is 0. The smallest absolute Gasteiger partial charge is 0.307 e. The zero-order valence-electron chi connectivity index (χ0n) is 8.64. The van der Waals surface area contributed by atoms with E-state index in [1.807, 2.05) is 0 Å². The van der Waals surface area contributed by atoms with Gasteiger partial charge in [-0.1, -0.05) is 0 Å². The lowest BCUT2D eigenvalue weighted by atomic mass is 10.2. The van der Waals surface area contributed by atoms with E-state index in [-0.39, 0.29) is 18.4 Å². The van der Waals surface area contributed by atoms with Crippen molar-refractivity contribution in [2.75, 3.05) is 7.11 Å². The monoisotopic (exact) mass is 211 g/mol. The number of amides is 1. The summed E-state index contributed by atoms with van der Waals surface area (Å²) in [5, 5.41) is 3.93. The van der Waals surface area contributed by atoms with Crippen molar-refractivity contribution in [1.29, 1.82) is 0 Å². The molecule has 0 saturated carbocycles. The highest BCUT2D eigenvalue weighted by Crippen LogP contribution is 2.11. The second-order valence-corrected chi connectivity index (χ2v) is 3.20. The number of nitrogens with two attached hydrogens (primary N) is 1. The first-order chi connectivity index (χ1) is 7.04. The second-order valence-electron chi connectivity index (χ2n) is 3.20. The molecular weight excluding hydrogens is 198 g/mol. The van der Waals surface area contributed by atoms with Crippen LogP contribution in [0.1, 0.15) is 29.7 Å². The number of hydrogen-bond acceptors (Lipinski definition) is 4. The maximum atomic E-state index is 11.0. The minimum absolute atomic E-state index is 0.162. The van der Waals surface area contributed by atoms with E-state index in [1.54, 1.807) is 6.92 Å². The first kappa shape index (κ1) is 11.2. The molecule has 0 saturated heterocycles. The molecule has 1 rings (SSSR count). The predicted octanol–water partition coefficient (Wildman–Crippen LogP) is 0.106. The molecule has 15 heavy (non-hydrogen) atoms. The molecule has 0 aliphatic heterocycles. The lowest BCUT2D eigenvalue weighted by Crippen LogP contribution is -2.13. The van der Waals surface area contributed by atoms with Crippen LogP contribution < -0.4 is 5.73 Å². The van der Waals surface area contributed by atoms with Gasteiger partial charge in [-0.25, -0.2) is 0 Å². The quantitative estimate of drug-likeness (QED) is 0.716. The van der Waals surface area contributed by atoms with Crippen LogP contribution in [-0.2, 0) is 9.53 Å². The molecule has 82 valence electrons. The van der Waals surface area contributed by atoms with Gasteiger partial charge in [0.15, 0.2) is 0 Å². The van der Waals surface area contributed by atoms with Crippen LogP contribution in [0.3, 0.4) is 0 Å². The number of primary amides is 1. The van der Waals surface area contributed by atoms with Crippen LogP contribution in [0.4, 0.5) is 0 Å². The normalized spacial score (nSPS) is 12.1. The lowest BCUT2D eigenvalue weighted by molar-refractivity contribution is -0.141. The minimum atomic E-state index is -0.536. The Morgan fingerprint density at radius 2 is 2.33 bits per heavy atom. The predicted molar refractivity (Wildman–Crippen MR) is 52.1 cm³/mol. The van der Waals surface area contributed by atoms with Crippen molar-refractivity contribution in [2.45, 2.75) is 19.4 Å². The van der Waals surface area contributed by atoms with Gasteiger partial charge in [-0.2, -0.15) is 5.10 Å². The molecule has 1 atom stereocenters. The Morgan fingerprint density at radius 1 is 1.67 bits per heavy atom.